The van der Waals surface area contributed by atoms with E-state index in [0.717, 1.165) is 13.1 Å². The summed E-state index contributed by atoms with van der Waals surface area (Å²) in [5.74, 6) is 0.237. The van der Waals surface area contributed by atoms with Crippen molar-refractivity contribution in [2.24, 2.45) is 0 Å². The molecule has 0 spiro atoms. The summed E-state index contributed by atoms with van der Waals surface area (Å²) in [6.07, 6.45) is 4.07. The first kappa shape index (κ1) is 9.85. The van der Waals surface area contributed by atoms with Gasteiger partial charge < -0.3 is 15.0 Å². The Bertz CT molecular complexity index is 324. The molecule has 1 aromatic heterocycles. The Hall–Kier alpha value is -1.69. The molecule has 80 valence electrons. The third kappa shape index (κ3) is 2.63. The van der Waals surface area contributed by atoms with Crippen LogP contribution in [0.2, 0.25) is 0 Å². The first-order valence-corrected chi connectivity index (χ1v) is 4.80. The van der Waals surface area contributed by atoms with Gasteiger partial charge in [0, 0.05) is 38.6 Å². The summed E-state index contributed by atoms with van der Waals surface area (Å²) in [5, 5.41) is 3.16. The van der Waals surface area contributed by atoms with Crippen LogP contribution >= 0.6 is 0 Å². The molecular weight excluding hydrogens is 196 g/mol. The van der Waals surface area contributed by atoms with E-state index in [-0.39, 0.29) is 12.0 Å². The predicted molar refractivity (Wildman–Crippen MR) is 52.5 cm³/mol. The van der Waals surface area contributed by atoms with E-state index in [0.29, 0.717) is 13.1 Å². The molecule has 1 saturated heterocycles. The van der Waals surface area contributed by atoms with Gasteiger partial charge in [0.2, 0.25) is 5.88 Å². The van der Waals surface area contributed by atoms with Crippen molar-refractivity contribution in [3.63, 3.8) is 0 Å². The maximum absolute atomic E-state index is 11.6. The second-order valence-electron chi connectivity index (χ2n) is 3.15. The zero-order valence-corrected chi connectivity index (χ0v) is 8.22. The van der Waals surface area contributed by atoms with E-state index in [4.69, 9.17) is 4.74 Å². The zero-order chi connectivity index (χ0) is 10.5. The topological polar surface area (TPSA) is 67.3 Å². The lowest BCUT2D eigenvalue weighted by atomic mass is 10.4. The van der Waals surface area contributed by atoms with Crippen LogP contribution in [0, 0.1) is 0 Å². The number of carbonyl (C=O) groups is 1. The quantitative estimate of drug-likeness (QED) is 0.697. The van der Waals surface area contributed by atoms with Gasteiger partial charge in [0.15, 0.2) is 0 Å². The van der Waals surface area contributed by atoms with Crippen LogP contribution in [0.1, 0.15) is 0 Å². The van der Waals surface area contributed by atoms with Gasteiger partial charge in [-0.25, -0.2) is 9.78 Å². The highest BCUT2D eigenvalue weighted by molar-refractivity contribution is 5.70. The van der Waals surface area contributed by atoms with Crippen LogP contribution in [0.25, 0.3) is 0 Å². The molecule has 6 nitrogen and oxygen atoms in total. The van der Waals surface area contributed by atoms with Gasteiger partial charge in [-0.05, 0) is 0 Å². The Kier molecular flexibility index (Phi) is 3.08. The minimum atomic E-state index is -0.364. The summed E-state index contributed by atoms with van der Waals surface area (Å²) >= 11 is 0. The van der Waals surface area contributed by atoms with Crippen molar-refractivity contribution in [3.05, 3.63) is 18.6 Å². The SMILES string of the molecule is O=C(Oc1cnccn1)N1CCNCC1. The number of rotatable bonds is 1. The smallest absolute Gasteiger partial charge is 0.389 e. The summed E-state index contributed by atoms with van der Waals surface area (Å²) < 4.78 is 5.04. The molecule has 2 rings (SSSR count). The molecule has 0 unspecified atom stereocenters. The lowest BCUT2D eigenvalue weighted by Crippen LogP contribution is -2.47. The van der Waals surface area contributed by atoms with Crippen molar-refractivity contribution in [1.82, 2.24) is 20.2 Å². The molecule has 2 heterocycles. The average Bonchev–Trinajstić information content (AvgIpc) is 2.31. The number of hydrogen-bond acceptors (Lipinski definition) is 5. The Morgan fingerprint density at radius 3 is 2.87 bits per heavy atom. The molecule has 0 atom stereocenters. The fraction of sp³-hybridized carbons (Fsp3) is 0.444. The number of piperazine rings is 1. The van der Waals surface area contributed by atoms with Gasteiger partial charge in [0.1, 0.15) is 0 Å². The monoisotopic (exact) mass is 208 g/mol. The predicted octanol–water partition coefficient (Wildman–Crippen LogP) is -0.119. The Morgan fingerprint density at radius 2 is 2.20 bits per heavy atom. The van der Waals surface area contributed by atoms with Crippen LogP contribution in [0.5, 0.6) is 5.88 Å². The van der Waals surface area contributed by atoms with Gasteiger partial charge in [0.25, 0.3) is 0 Å². The average molecular weight is 208 g/mol. The Balaban J connectivity index is 1.91. The van der Waals surface area contributed by atoms with Crippen molar-refractivity contribution in [2.75, 3.05) is 26.2 Å². The van der Waals surface area contributed by atoms with Gasteiger partial charge in [-0.2, -0.15) is 0 Å². The van der Waals surface area contributed by atoms with E-state index in [1.54, 1.807) is 4.90 Å². The van der Waals surface area contributed by atoms with Crippen molar-refractivity contribution < 1.29 is 9.53 Å². The molecule has 0 aliphatic carbocycles. The van der Waals surface area contributed by atoms with E-state index in [1.165, 1.54) is 18.6 Å². The summed E-state index contributed by atoms with van der Waals surface area (Å²) in [6, 6.07) is 0. The van der Waals surface area contributed by atoms with Crippen LogP contribution in [-0.2, 0) is 0 Å². The summed E-state index contributed by atoms with van der Waals surface area (Å²) in [5.41, 5.74) is 0. The molecule has 1 aliphatic heterocycles. The van der Waals surface area contributed by atoms with Crippen molar-refractivity contribution >= 4 is 6.09 Å². The minimum absolute atomic E-state index is 0.237. The van der Waals surface area contributed by atoms with Crippen molar-refractivity contribution in [1.29, 1.82) is 0 Å². The largest absolute Gasteiger partial charge is 0.416 e. The Morgan fingerprint density at radius 1 is 1.40 bits per heavy atom. The van der Waals surface area contributed by atoms with E-state index >= 15 is 0 Å². The number of amides is 1. The third-order valence-corrected chi connectivity index (χ3v) is 2.11. The van der Waals surface area contributed by atoms with Gasteiger partial charge in [-0.1, -0.05) is 0 Å². The van der Waals surface area contributed by atoms with E-state index in [9.17, 15) is 4.79 Å². The minimum Gasteiger partial charge on any atom is -0.389 e. The summed E-state index contributed by atoms with van der Waals surface area (Å²) in [4.78, 5) is 20.9. The van der Waals surface area contributed by atoms with Crippen LogP contribution < -0.4 is 10.1 Å². The first-order valence-electron chi connectivity index (χ1n) is 4.80. The fourth-order valence-electron chi connectivity index (χ4n) is 1.34. The van der Waals surface area contributed by atoms with Gasteiger partial charge in [-0.15, -0.1) is 0 Å². The number of ether oxygens (including phenoxy) is 1. The molecule has 1 N–H and O–H groups in total. The third-order valence-electron chi connectivity index (χ3n) is 2.11. The molecule has 1 fully saturated rings. The van der Waals surface area contributed by atoms with Gasteiger partial charge >= 0.3 is 6.09 Å². The molecule has 0 radical (unpaired) electrons. The first-order chi connectivity index (χ1) is 7.36. The number of hydrogen-bond donors (Lipinski definition) is 1. The molecule has 1 amide bonds. The normalized spacial score (nSPS) is 16.1. The molecule has 6 heteroatoms. The molecule has 1 aromatic rings. The highest BCUT2D eigenvalue weighted by Crippen LogP contribution is 2.04. The molecule has 0 aromatic carbocycles. The summed E-state index contributed by atoms with van der Waals surface area (Å²) in [7, 11) is 0. The van der Waals surface area contributed by atoms with Crippen molar-refractivity contribution in [3.8, 4) is 5.88 Å². The lowest BCUT2D eigenvalue weighted by molar-refractivity contribution is 0.144. The summed E-state index contributed by atoms with van der Waals surface area (Å²) in [6.45, 7) is 2.93. The number of aromatic nitrogens is 2. The second-order valence-corrected chi connectivity index (χ2v) is 3.15. The van der Waals surface area contributed by atoms with Gasteiger partial charge in [-0.3, -0.25) is 4.98 Å². The zero-order valence-electron chi connectivity index (χ0n) is 8.22. The van der Waals surface area contributed by atoms with Crippen LogP contribution in [0.4, 0.5) is 4.79 Å². The van der Waals surface area contributed by atoms with E-state index < -0.39 is 0 Å². The number of carbonyl (C=O) groups excluding carboxylic acids is 1. The van der Waals surface area contributed by atoms with E-state index in [1.807, 2.05) is 0 Å². The maximum Gasteiger partial charge on any atom is 0.416 e. The maximum atomic E-state index is 11.6. The number of nitrogens with zero attached hydrogens (tertiary/aromatic N) is 3. The molecule has 0 saturated carbocycles. The molecule has 0 bridgehead atoms. The van der Waals surface area contributed by atoms with Crippen LogP contribution in [-0.4, -0.2) is 47.1 Å². The van der Waals surface area contributed by atoms with Gasteiger partial charge in [0.05, 0.1) is 6.20 Å². The highest BCUT2D eigenvalue weighted by atomic mass is 16.6. The second kappa shape index (κ2) is 4.70. The highest BCUT2D eigenvalue weighted by Gasteiger charge is 2.18. The van der Waals surface area contributed by atoms with E-state index in [2.05, 4.69) is 15.3 Å². The molecule has 15 heavy (non-hydrogen) atoms. The number of nitrogens with one attached hydrogen (secondary N) is 1. The lowest BCUT2D eigenvalue weighted by Gasteiger charge is -2.25. The van der Waals surface area contributed by atoms with Crippen molar-refractivity contribution in [2.45, 2.75) is 0 Å². The fourth-order valence-corrected chi connectivity index (χ4v) is 1.34. The van der Waals surface area contributed by atoms with Crippen LogP contribution in [0.15, 0.2) is 18.6 Å². The van der Waals surface area contributed by atoms with Crippen LogP contribution in [0.3, 0.4) is 0 Å². The molecular formula is C9H12N4O2. The Labute approximate surface area is 87.3 Å². The molecule has 1 aliphatic rings. The standard InChI is InChI=1S/C9H12N4O2/c14-9(13-5-3-10-4-6-13)15-8-7-11-1-2-12-8/h1-2,7,10H,3-6H2.